The maximum atomic E-state index is 5.27. The monoisotopic (exact) mass is 259 g/mol. The van der Waals surface area contributed by atoms with E-state index in [-0.39, 0.29) is 6.04 Å². The number of nitrogens with zero attached hydrogens (tertiary/aromatic N) is 3. The minimum absolute atomic E-state index is 0.217. The van der Waals surface area contributed by atoms with Crippen LogP contribution in [0.4, 0.5) is 0 Å². The summed E-state index contributed by atoms with van der Waals surface area (Å²) in [4.78, 5) is 9.04. The molecule has 0 bridgehead atoms. The first kappa shape index (κ1) is 12.1. The first-order valence-corrected chi connectivity index (χ1v) is 6.45. The Kier molecular flexibility index (Phi) is 3.16. The number of hydrogen-bond acceptors (Lipinski definition) is 5. The van der Waals surface area contributed by atoms with Gasteiger partial charge < -0.3 is 10.1 Å². The molecule has 3 heterocycles. The highest BCUT2D eigenvalue weighted by molar-refractivity contribution is 5.55. The largest absolute Gasteiger partial charge is 0.481 e. The Balaban J connectivity index is 2.01. The van der Waals surface area contributed by atoms with Gasteiger partial charge in [-0.25, -0.2) is 4.98 Å². The summed E-state index contributed by atoms with van der Waals surface area (Å²) in [5, 5.41) is 10.6. The van der Waals surface area contributed by atoms with E-state index in [1.54, 1.807) is 7.11 Å². The molecule has 2 aromatic heterocycles. The van der Waals surface area contributed by atoms with Crippen molar-refractivity contribution in [2.24, 2.45) is 0 Å². The van der Waals surface area contributed by atoms with E-state index in [1.807, 2.05) is 19.1 Å². The van der Waals surface area contributed by atoms with E-state index in [1.165, 1.54) is 0 Å². The van der Waals surface area contributed by atoms with Crippen LogP contribution in [-0.2, 0) is 0 Å². The number of nitrogens with one attached hydrogen (secondary N) is 2. The highest BCUT2D eigenvalue weighted by Gasteiger charge is 2.21. The SMILES string of the molecule is COc1cc(-c2cc(C)[nH]n2)nc(C2CCCN2)n1. The number of methoxy groups -OCH3 is 1. The average Bonchev–Trinajstić information content (AvgIpc) is 3.09. The molecule has 0 radical (unpaired) electrons. The lowest BCUT2D eigenvalue weighted by atomic mass is 10.2. The third kappa shape index (κ3) is 2.44. The Morgan fingerprint density at radius 1 is 1.26 bits per heavy atom. The Bertz CT molecular complexity index is 574. The summed E-state index contributed by atoms with van der Waals surface area (Å²) < 4.78 is 5.27. The van der Waals surface area contributed by atoms with Crippen molar-refractivity contribution in [1.82, 2.24) is 25.5 Å². The summed E-state index contributed by atoms with van der Waals surface area (Å²) >= 11 is 0. The van der Waals surface area contributed by atoms with E-state index < -0.39 is 0 Å². The first-order valence-electron chi connectivity index (χ1n) is 6.45. The van der Waals surface area contributed by atoms with Crippen molar-refractivity contribution >= 4 is 0 Å². The van der Waals surface area contributed by atoms with Gasteiger partial charge in [-0.2, -0.15) is 10.1 Å². The standard InChI is InChI=1S/C13H17N5O/c1-8-6-11(18-17-8)10-7-12(19-2)16-13(15-10)9-4-3-5-14-9/h6-7,9,14H,3-5H2,1-2H3,(H,17,18). The molecule has 2 N–H and O–H groups in total. The minimum atomic E-state index is 0.217. The normalized spacial score (nSPS) is 18.7. The van der Waals surface area contributed by atoms with E-state index in [2.05, 4.69) is 25.5 Å². The summed E-state index contributed by atoms with van der Waals surface area (Å²) in [6.45, 7) is 2.98. The molecule has 2 aromatic rings. The molecule has 1 atom stereocenters. The van der Waals surface area contributed by atoms with Crippen molar-refractivity contribution in [3.8, 4) is 17.3 Å². The Morgan fingerprint density at radius 3 is 2.79 bits per heavy atom. The maximum Gasteiger partial charge on any atom is 0.217 e. The maximum absolute atomic E-state index is 5.27. The molecular weight excluding hydrogens is 242 g/mol. The van der Waals surface area contributed by atoms with Gasteiger partial charge in [-0.3, -0.25) is 5.10 Å². The summed E-state index contributed by atoms with van der Waals surface area (Å²) in [6, 6.07) is 4.00. The molecule has 1 unspecified atom stereocenters. The lowest BCUT2D eigenvalue weighted by molar-refractivity contribution is 0.392. The Morgan fingerprint density at radius 2 is 2.16 bits per heavy atom. The summed E-state index contributed by atoms with van der Waals surface area (Å²) in [7, 11) is 1.62. The van der Waals surface area contributed by atoms with Gasteiger partial charge in [-0.1, -0.05) is 0 Å². The van der Waals surface area contributed by atoms with Crippen molar-refractivity contribution in [3.05, 3.63) is 23.7 Å². The second-order valence-electron chi connectivity index (χ2n) is 4.74. The van der Waals surface area contributed by atoms with Crippen LogP contribution < -0.4 is 10.1 Å². The first-order chi connectivity index (χ1) is 9.26. The van der Waals surface area contributed by atoms with Gasteiger partial charge in [-0.15, -0.1) is 0 Å². The summed E-state index contributed by atoms with van der Waals surface area (Å²) in [5.74, 6) is 1.36. The van der Waals surface area contributed by atoms with E-state index in [4.69, 9.17) is 4.74 Å². The van der Waals surface area contributed by atoms with E-state index in [9.17, 15) is 0 Å². The van der Waals surface area contributed by atoms with Gasteiger partial charge in [0.25, 0.3) is 0 Å². The summed E-state index contributed by atoms with van der Waals surface area (Å²) in [5.41, 5.74) is 2.62. The Hall–Kier alpha value is -1.95. The van der Waals surface area contributed by atoms with Gasteiger partial charge >= 0.3 is 0 Å². The van der Waals surface area contributed by atoms with E-state index in [0.29, 0.717) is 5.88 Å². The molecule has 1 aliphatic heterocycles. The third-order valence-electron chi connectivity index (χ3n) is 3.27. The van der Waals surface area contributed by atoms with Crippen LogP contribution in [0.25, 0.3) is 11.4 Å². The van der Waals surface area contributed by atoms with E-state index >= 15 is 0 Å². The van der Waals surface area contributed by atoms with Crippen LogP contribution in [0.15, 0.2) is 12.1 Å². The average molecular weight is 259 g/mol. The molecule has 0 spiro atoms. The third-order valence-corrected chi connectivity index (χ3v) is 3.27. The van der Waals surface area contributed by atoms with Crippen LogP contribution in [0.3, 0.4) is 0 Å². The fourth-order valence-electron chi connectivity index (χ4n) is 2.29. The van der Waals surface area contributed by atoms with E-state index in [0.717, 1.165) is 42.3 Å². The van der Waals surface area contributed by atoms with Crippen molar-refractivity contribution in [3.63, 3.8) is 0 Å². The second kappa shape index (κ2) is 4.97. The molecule has 0 amide bonds. The molecule has 6 nitrogen and oxygen atoms in total. The number of aromatic amines is 1. The molecule has 3 rings (SSSR count). The molecule has 19 heavy (non-hydrogen) atoms. The van der Waals surface area contributed by atoms with Gasteiger partial charge in [0.1, 0.15) is 11.5 Å². The molecule has 1 saturated heterocycles. The topological polar surface area (TPSA) is 75.7 Å². The zero-order valence-electron chi connectivity index (χ0n) is 11.1. The number of rotatable bonds is 3. The molecule has 1 fully saturated rings. The molecule has 6 heteroatoms. The van der Waals surface area contributed by atoms with Crippen LogP contribution in [0, 0.1) is 6.92 Å². The van der Waals surface area contributed by atoms with Crippen LogP contribution in [0.2, 0.25) is 0 Å². The predicted octanol–water partition coefficient (Wildman–Crippen LogP) is 1.61. The van der Waals surface area contributed by atoms with Crippen LogP contribution in [-0.4, -0.2) is 33.8 Å². The fourth-order valence-corrected chi connectivity index (χ4v) is 2.29. The minimum Gasteiger partial charge on any atom is -0.481 e. The van der Waals surface area contributed by atoms with Gasteiger partial charge in [0.2, 0.25) is 5.88 Å². The molecule has 0 saturated carbocycles. The number of hydrogen-bond donors (Lipinski definition) is 2. The fraction of sp³-hybridized carbons (Fsp3) is 0.462. The number of aromatic nitrogens is 4. The van der Waals surface area contributed by atoms with Crippen molar-refractivity contribution < 1.29 is 4.74 Å². The van der Waals surface area contributed by atoms with Crippen molar-refractivity contribution in [2.75, 3.05) is 13.7 Å². The quantitative estimate of drug-likeness (QED) is 0.875. The van der Waals surface area contributed by atoms with Crippen molar-refractivity contribution in [2.45, 2.75) is 25.8 Å². The molecule has 0 aromatic carbocycles. The van der Waals surface area contributed by atoms with Gasteiger partial charge in [0.15, 0.2) is 0 Å². The lowest BCUT2D eigenvalue weighted by Crippen LogP contribution is -2.16. The van der Waals surface area contributed by atoms with Gasteiger partial charge in [-0.05, 0) is 32.4 Å². The number of H-pyrrole nitrogens is 1. The Labute approximate surface area is 111 Å². The summed E-state index contributed by atoms with van der Waals surface area (Å²) in [6.07, 6.45) is 2.22. The molecular formula is C13H17N5O. The number of aryl methyl sites for hydroxylation is 1. The lowest BCUT2D eigenvalue weighted by Gasteiger charge is -2.11. The molecule has 100 valence electrons. The smallest absolute Gasteiger partial charge is 0.217 e. The predicted molar refractivity (Wildman–Crippen MR) is 70.9 cm³/mol. The highest BCUT2D eigenvalue weighted by atomic mass is 16.5. The zero-order valence-corrected chi connectivity index (χ0v) is 11.1. The number of ether oxygens (including phenoxy) is 1. The second-order valence-corrected chi connectivity index (χ2v) is 4.74. The zero-order chi connectivity index (χ0) is 13.2. The molecule has 1 aliphatic rings. The van der Waals surface area contributed by atoms with Crippen LogP contribution in [0.5, 0.6) is 5.88 Å². The van der Waals surface area contributed by atoms with Crippen molar-refractivity contribution in [1.29, 1.82) is 0 Å². The van der Waals surface area contributed by atoms with Crippen LogP contribution in [0.1, 0.15) is 30.4 Å². The van der Waals surface area contributed by atoms with Gasteiger partial charge in [0.05, 0.1) is 18.8 Å². The van der Waals surface area contributed by atoms with Crippen LogP contribution >= 0.6 is 0 Å². The highest BCUT2D eigenvalue weighted by Crippen LogP contribution is 2.25. The molecule has 0 aliphatic carbocycles. The van der Waals surface area contributed by atoms with Gasteiger partial charge in [0, 0.05) is 11.8 Å².